The van der Waals surface area contributed by atoms with Crippen LogP contribution in [-0.2, 0) is 11.3 Å². The minimum atomic E-state index is -0.417. The molecule has 0 aliphatic rings. The van der Waals surface area contributed by atoms with Gasteiger partial charge in [0.15, 0.2) is 5.43 Å². The van der Waals surface area contributed by atoms with E-state index in [-0.39, 0.29) is 17.9 Å². The summed E-state index contributed by atoms with van der Waals surface area (Å²) >= 11 is 0. The Morgan fingerprint density at radius 1 is 1.00 bits per heavy atom. The van der Waals surface area contributed by atoms with E-state index in [1.54, 1.807) is 47.2 Å². The van der Waals surface area contributed by atoms with Gasteiger partial charge in [-0.1, -0.05) is 12.1 Å². The number of amides is 1. The number of carbonyl (C=O) groups excluding carboxylic acids is 1. The number of fused-ring (bicyclic) bond motifs is 2. The third kappa shape index (κ3) is 3.00. The van der Waals surface area contributed by atoms with Gasteiger partial charge in [0.2, 0.25) is 5.91 Å². The molecule has 2 aromatic carbocycles. The molecule has 26 heavy (non-hydrogen) atoms. The Kier molecular flexibility index (Phi) is 3.85. The van der Waals surface area contributed by atoms with Crippen LogP contribution in [0.5, 0.6) is 0 Å². The van der Waals surface area contributed by atoms with Crippen LogP contribution in [0.15, 0.2) is 80.9 Å². The molecule has 128 valence electrons. The van der Waals surface area contributed by atoms with Crippen LogP contribution in [0.4, 0.5) is 5.69 Å². The Labute approximate surface area is 147 Å². The first-order valence-electron chi connectivity index (χ1n) is 8.02. The smallest absolute Gasteiger partial charge is 0.336 e. The molecule has 0 radical (unpaired) electrons. The zero-order chi connectivity index (χ0) is 18.1. The van der Waals surface area contributed by atoms with Gasteiger partial charge in [0.1, 0.15) is 12.1 Å². The molecule has 2 aromatic heterocycles. The van der Waals surface area contributed by atoms with Crippen molar-refractivity contribution in [3.05, 3.63) is 87.5 Å². The molecular weight excluding hydrogens is 332 g/mol. The molecule has 0 fully saturated rings. The van der Waals surface area contributed by atoms with Crippen molar-refractivity contribution in [3.63, 3.8) is 0 Å². The predicted octanol–water partition coefficient (Wildman–Crippen LogP) is 2.75. The summed E-state index contributed by atoms with van der Waals surface area (Å²) in [6, 6.07) is 16.6. The summed E-state index contributed by atoms with van der Waals surface area (Å²) in [5, 5.41) is 4.11. The molecule has 1 amide bonds. The number of anilines is 1. The lowest BCUT2D eigenvalue weighted by atomic mass is 10.2. The first kappa shape index (κ1) is 15.8. The van der Waals surface area contributed by atoms with E-state index in [2.05, 4.69) is 5.32 Å². The van der Waals surface area contributed by atoms with Crippen molar-refractivity contribution < 1.29 is 9.21 Å². The number of aromatic nitrogens is 1. The second-order valence-corrected chi connectivity index (χ2v) is 5.88. The van der Waals surface area contributed by atoms with Crippen LogP contribution in [0.3, 0.4) is 0 Å². The highest BCUT2D eigenvalue weighted by atomic mass is 16.4. The van der Waals surface area contributed by atoms with E-state index < -0.39 is 5.63 Å². The van der Waals surface area contributed by atoms with Crippen LogP contribution in [0.25, 0.3) is 21.9 Å². The molecule has 0 spiro atoms. The number of nitrogens with one attached hydrogen (secondary N) is 1. The van der Waals surface area contributed by atoms with Gasteiger partial charge in [0.25, 0.3) is 0 Å². The van der Waals surface area contributed by atoms with Crippen LogP contribution in [0.1, 0.15) is 0 Å². The predicted molar refractivity (Wildman–Crippen MR) is 99.3 cm³/mol. The minimum Gasteiger partial charge on any atom is -0.423 e. The lowest BCUT2D eigenvalue weighted by Crippen LogP contribution is -2.20. The lowest BCUT2D eigenvalue weighted by Gasteiger charge is -2.11. The summed E-state index contributed by atoms with van der Waals surface area (Å²) in [4.78, 5) is 35.5. The normalized spacial score (nSPS) is 10.9. The first-order chi connectivity index (χ1) is 12.6. The van der Waals surface area contributed by atoms with Crippen LogP contribution in [0, 0.1) is 0 Å². The average Bonchev–Trinajstić information content (AvgIpc) is 2.64. The second-order valence-electron chi connectivity index (χ2n) is 5.88. The van der Waals surface area contributed by atoms with Crippen molar-refractivity contribution in [2.45, 2.75) is 6.54 Å². The summed E-state index contributed by atoms with van der Waals surface area (Å²) in [5.41, 5.74) is 1.27. The maximum Gasteiger partial charge on any atom is 0.336 e. The van der Waals surface area contributed by atoms with E-state index >= 15 is 0 Å². The molecule has 0 saturated heterocycles. The van der Waals surface area contributed by atoms with E-state index in [9.17, 15) is 14.4 Å². The molecule has 0 atom stereocenters. The van der Waals surface area contributed by atoms with Crippen LogP contribution >= 0.6 is 0 Å². The fourth-order valence-corrected chi connectivity index (χ4v) is 2.90. The lowest BCUT2D eigenvalue weighted by molar-refractivity contribution is -0.116. The Morgan fingerprint density at radius 3 is 2.73 bits per heavy atom. The number of nitrogens with zero attached hydrogens (tertiary/aromatic N) is 1. The van der Waals surface area contributed by atoms with Gasteiger partial charge in [-0.25, -0.2) is 4.79 Å². The van der Waals surface area contributed by atoms with Gasteiger partial charge in [0, 0.05) is 34.8 Å². The first-order valence-corrected chi connectivity index (χ1v) is 8.02. The number of pyridine rings is 1. The molecule has 4 aromatic rings. The van der Waals surface area contributed by atoms with Crippen molar-refractivity contribution >= 4 is 33.5 Å². The fourth-order valence-electron chi connectivity index (χ4n) is 2.90. The monoisotopic (exact) mass is 346 g/mol. The van der Waals surface area contributed by atoms with Crippen molar-refractivity contribution in [1.29, 1.82) is 0 Å². The van der Waals surface area contributed by atoms with Gasteiger partial charge < -0.3 is 14.3 Å². The van der Waals surface area contributed by atoms with Crippen molar-refractivity contribution in [2.24, 2.45) is 0 Å². The molecule has 0 bridgehead atoms. The van der Waals surface area contributed by atoms with Gasteiger partial charge in [-0.2, -0.15) is 0 Å². The van der Waals surface area contributed by atoms with Gasteiger partial charge in [-0.15, -0.1) is 0 Å². The number of benzene rings is 2. The molecule has 0 unspecified atom stereocenters. The Bertz CT molecular complexity index is 1250. The van der Waals surface area contributed by atoms with E-state index in [1.165, 1.54) is 12.1 Å². The van der Waals surface area contributed by atoms with Crippen molar-refractivity contribution in [3.8, 4) is 0 Å². The summed E-state index contributed by atoms with van der Waals surface area (Å²) in [5.74, 6) is -0.226. The van der Waals surface area contributed by atoms with Crippen molar-refractivity contribution in [2.75, 3.05) is 5.32 Å². The highest BCUT2D eigenvalue weighted by molar-refractivity contribution is 5.94. The SMILES string of the molecule is O=C(Cn1ccc(=O)c2ccccc21)Nc1ccc2oc(=O)ccc2c1. The third-order valence-electron chi connectivity index (χ3n) is 4.10. The van der Waals surface area contributed by atoms with E-state index in [1.807, 2.05) is 12.1 Å². The Morgan fingerprint density at radius 2 is 1.85 bits per heavy atom. The quantitative estimate of drug-likeness (QED) is 0.578. The minimum absolute atomic E-state index is 0.0721. The van der Waals surface area contributed by atoms with E-state index in [4.69, 9.17) is 4.42 Å². The fraction of sp³-hybridized carbons (Fsp3) is 0.0500. The molecule has 1 N–H and O–H groups in total. The number of hydrogen-bond donors (Lipinski definition) is 1. The Hall–Kier alpha value is -3.67. The summed E-state index contributed by atoms with van der Waals surface area (Å²) in [6.45, 7) is 0.0721. The van der Waals surface area contributed by atoms with Crippen LogP contribution in [0.2, 0.25) is 0 Å². The standard InChI is InChI=1S/C20H14N2O4/c23-17-9-10-22(16-4-2-1-3-15(16)17)12-19(24)21-14-6-7-18-13(11-14)5-8-20(25)26-18/h1-11H,12H2,(H,21,24). The molecule has 2 heterocycles. The van der Waals surface area contributed by atoms with E-state index in [0.29, 0.717) is 22.2 Å². The largest absolute Gasteiger partial charge is 0.423 e. The highest BCUT2D eigenvalue weighted by Gasteiger charge is 2.08. The van der Waals surface area contributed by atoms with Crippen LogP contribution in [-0.4, -0.2) is 10.5 Å². The molecule has 4 rings (SSSR count). The number of hydrogen-bond acceptors (Lipinski definition) is 4. The maximum absolute atomic E-state index is 12.4. The Balaban J connectivity index is 1.60. The summed E-state index contributed by atoms with van der Waals surface area (Å²) in [7, 11) is 0. The van der Waals surface area contributed by atoms with Crippen molar-refractivity contribution in [1.82, 2.24) is 4.57 Å². The summed E-state index contributed by atoms with van der Waals surface area (Å²) < 4.78 is 6.80. The second kappa shape index (κ2) is 6.33. The number of para-hydroxylation sites is 1. The third-order valence-corrected chi connectivity index (χ3v) is 4.10. The molecule has 6 heteroatoms. The molecule has 6 nitrogen and oxygen atoms in total. The zero-order valence-corrected chi connectivity index (χ0v) is 13.6. The van der Waals surface area contributed by atoms with Gasteiger partial charge >= 0.3 is 5.63 Å². The van der Waals surface area contributed by atoms with Gasteiger partial charge in [-0.3, -0.25) is 9.59 Å². The zero-order valence-electron chi connectivity index (χ0n) is 13.6. The maximum atomic E-state index is 12.4. The van der Waals surface area contributed by atoms with E-state index in [0.717, 1.165) is 5.39 Å². The van der Waals surface area contributed by atoms with Gasteiger partial charge in [-0.05, 0) is 36.4 Å². The molecule has 0 aliphatic heterocycles. The molecule has 0 saturated carbocycles. The number of rotatable bonds is 3. The molecular formula is C20H14N2O4. The number of carbonyl (C=O) groups is 1. The molecule has 0 aliphatic carbocycles. The summed E-state index contributed by atoms with van der Waals surface area (Å²) in [6.07, 6.45) is 1.61. The van der Waals surface area contributed by atoms with Crippen LogP contribution < -0.4 is 16.4 Å². The topological polar surface area (TPSA) is 81.3 Å². The average molecular weight is 346 g/mol. The van der Waals surface area contributed by atoms with Gasteiger partial charge in [0.05, 0.1) is 5.52 Å². The highest BCUT2D eigenvalue weighted by Crippen LogP contribution is 2.18.